The van der Waals surface area contributed by atoms with Crippen molar-refractivity contribution in [1.82, 2.24) is 0 Å². The molecule has 0 unspecified atom stereocenters. The minimum absolute atomic E-state index is 0.0414. The molecule has 0 saturated heterocycles. The van der Waals surface area contributed by atoms with Gasteiger partial charge in [0.05, 0.1) is 11.5 Å². The number of nitro benzene ring substituents is 1. The second-order valence-electron chi connectivity index (χ2n) is 3.95. The van der Waals surface area contributed by atoms with Crippen LogP contribution in [0.4, 0.5) is 10.5 Å². The van der Waals surface area contributed by atoms with Gasteiger partial charge in [0.15, 0.2) is 0 Å². The third kappa shape index (κ3) is 6.02. The van der Waals surface area contributed by atoms with E-state index in [2.05, 4.69) is 6.58 Å². The van der Waals surface area contributed by atoms with Crippen molar-refractivity contribution in [3.63, 3.8) is 0 Å². The number of carbonyl (C=O) groups is 1. The Balaban J connectivity index is 2.43. The molecule has 1 N–H and O–H groups in total. The Morgan fingerprint density at radius 2 is 2.05 bits per heavy atom. The van der Waals surface area contributed by atoms with Crippen molar-refractivity contribution in [1.29, 1.82) is 0 Å². The monoisotopic (exact) mass is 305 g/mol. The van der Waals surface area contributed by atoms with Gasteiger partial charge >= 0.3 is 6.16 Å². The van der Waals surface area contributed by atoms with Crippen LogP contribution in [0.15, 0.2) is 60.7 Å². The highest BCUT2D eigenvalue weighted by Crippen LogP contribution is 2.17. The summed E-state index contributed by atoms with van der Waals surface area (Å²) >= 11 is 0. The lowest BCUT2D eigenvalue weighted by molar-refractivity contribution is -0.384. The van der Waals surface area contributed by atoms with E-state index in [0.29, 0.717) is 5.57 Å². The lowest BCUT2D eigenvalue weighted by Gasteiger charge is -2.03. The molecule has 0 aliphatic heterocycles. The van der Waals surface area contributed by atoms with Crippen molar-refractivity contribution in [2.24, 2.45) is 0 Å². The summed E-state index contributed by atoms with van der Waals surface area (Å²) in [7, 11) is 0. The Morgan fingerprint density at radius 1 is 1.36 bits per heavy atom. The van der Waals surface area contributed by atoms with Crippen molar-refractivity contribution < 1.29 is 24.3 Å². The lowest BCUT2D eigenvalue weighted by Crippen LogP contribution is -2.10. The topological polar surface area (TPSA) is 98.9 Å². The van der Waals surface area contributed by atoms with Crippen LogP contribution in [-0.2, 0) is 4.74 Å². The van der Waals surface area contributed by atoms with Gasteiger partial charge in [0.1, 0.15) is 12.4 Å². The smallest absolute Gasteiger partial charge is 0.430 e. The Labute approximate surface area is 126 Å². The van der Waals surface area contributed by atoms with Gasteiger partial charge in [-0.15, -0.1) is 0 Å². The van der Waals surface area contributed by atoms with E-state index in [4.69, 9.17) is 14.6 Å². The predicted molar refractivity (Wildman–Crippen MR) is 79.6 cm³/mol. The summed E-state index contributed by atoms with van der Waals surface area (Å²) in [5, 5.41) is 19.4. The number of non-ortho nitro benzene ring substituents is 1. The number of aliphatic hydroxyl groups excluding tert-OH is 1. The van der Waals surface area contributed by atoms with Crippen molar-refractivity contribution in [2.75, 3.05) is 13.2 Å². The average molecular weight is 305 g/mol. The number of hydrogen-bond donors (Lipinski definition) is 1. The number of benzene rings is 1. The van der Waals surface area contributed by atoms with E-state index in [9.17, 15) is 14.9 Å². The first kappa shape index (κ1) is 17.1. The maximum Gasteiger partial charge on any atom is 0.514 e. The van der Waals surface area contributed by atoms with Gasteiger partial charge in [-0.25, -0.2) is 4.79 Å². The largest absolute Gasteiger partial charge is 0.514 e. The van der Waals surface area contributed by atoms with Crippen LogP contribution in [0, 0.1) is 10.1 Å². The molecule has 0 spiro atoms. The van der Waals surface area contributed by atoms with Crippen LogP contribution in [0.5, 0.6) is 5.75 Å². The summed E-state index contributed by atoms with van der Waals surface area (Å²) in [6.07, 6.45) is 5.33. The van der Waals surface area contributed by atoms with Crippen LogP contribution in [0.25, 0.3) is 0 Å². The third-order valence-electron chi connectivity index (χ3n) is 2.39. The SMILES string of the molecule is C=C/C=C(\C=C/COC(=O)Oc1ccc([N+](=O)[O-])cc1)CO. The zero-order chi connectivity index (χ0) is 16.4. The third-order valence-corrected chi connectivity index (χ3v) is 2.39. The molecule has 22 heavy (non-hydrogen) atoms. The van der Waals surface area contributed by atoms with Gasteiger partial charge in [-0.1, -0.05) is 24.8 Å². The standard InChI is InChI=1S/C15H15NO6/c1-2-4-12(11-17)5-3-10-21-15(18)22-14-8-6-13(7-9-14)16(19)20/h2-9,17H,1,10-11H2/b5-3-,12-4+. The van der Waals surface area contributed by atoms with Gasteiger partial charge in [0, 0.05) is 12.1 Å². The predicted octanol–water partition coefficient (Wildman–Crippen LogP) is 2.77. The minimum atomic E-state index is -0.934. The molecule has 116 valence electrons. The van der Waals surface area contributed by atoms with Gasteiger partial charge in [-0.05, 0) is 23.8 Å². The zero-order valence-corrected chi connectivity index (χ0v) is 11.7. The molecule has 0 atom stereocenters. The summed E-state index contributed by atoms with van der Waals surface area (Å²) in [6, 6.07) is 5.03. The minimum Gasteiger partial charge on any atom is -0.430 e. The first-order valence-electron chi connectivity index (χ1n) is 6.25. The van der Waals surface area contributed by atoms with Crippen LogP contribution >= 0.6 is 0 Å². The lowest BCUT2D eigenvalue weighted by atomic mass is 10.2. The molecule has 0 amide bonds. The summed E-state index contributed by atoms with van der Waals surface area (Å²) in [5.41, 5.74) is 0.511. The number of carbonyl (C=O) groups excluding carboxylic acids is 1. The molecule has 0 bridgehead atoms. The molecule has 7 heteroatoms. The van der Waals surface area contributed by atoms with E-state index in [1.54, 1.807) is 12.2 Å². The first-order valence-corrected chi connectivity index (χ1v) is 6.25. The number of nitro groups is 1. The molecule has 1 aromatic carbocycles. The molecule has 1 rings (SSSR count). The molecule has 0 radical (unpaired) electrons. The van der Waals surface area contributed by atoms with Crippen molar-refractivity contribution in [3.05, 3.63) is 70.8 Å². The quantitative estimate of drug-likeness (QED) is 0.273. The number of allylic oxidation sites excluding steroid dienone is 2. The van der Waals surface area contributed by atoms with E-state index in [-0.39, 0.29) is 24.7 Å². The van der Waals surface area contributed by atoms with Gasteiger partial charge in [0.2, 0.25) is 0 Å². The van der Waals surface area contributed by atoms with Crippen LogP contribution in [0.2, 0.25) is 0 Å². The summed E-state index contributed by atoms with van der Waals surface area (Å²) < 4.78 is 9.61. The number of nitrogens with zero attached hydrogens (tertiary/aromatic N) is 1. The second kappa shape index (κ2) is 9.09. The zero-order valence-electron chi connectivity index (χ0n) is 11.7. The first-order chi connectivity index (χ1) is 10.6. The van der Waals surface area contributed by atoms with Gasteiger partial charge in [-0.3, -0.25) is 10.1 Å². The number of rotatable bonds is 7. The maximum absolute atomic E-state index is 11.4. The van der Waals surface area contributed by atoms with Crippen LogP contribution in [0.3, 0.4) is 0 Å². The van der Waals surface area contributed by atoms with E-state index in [0.717, 1.165) is 0 Å². The Kier molecular flexibility index (Phi) is 7.07. The molecule has 0 saturated carbocycles. The fraction of sp³-hybridized carbons (Fsp3) is 0.133. The fourth-order valence-electron chi connectivity index (χ4n) is 1.39. The molecule has 0 heterocycles. The summed E-state index contributed by atoms with van der Waals surface area (Å²) in [4.78, 5) is 21.3. The van der Waals surface area contributed by atoms with E-state index >= 15 is 0 Å². The van der Waals surface area contributed by atoms with Gasteiger partial charge in [0.25, 0.3) is 5.69 Å². The summed E-state index contributed by atoms with van der Waals surface area (Å²) in [6.45, 7) is 3.30. The Morgan fingerprint density at radius 3 is 2.59 bits per heavy atom. The van der Waals surface area contributed by atoms with Crippen molar-refractivity contribution >= 4 is 11.8 Å². The van der Waals surface area contributed by atoms with E-state index in [1.165, 1.54) is 36.4 Å². The number of aliphatic hydroxyl groups is 1. The second-order valence-corrected chi connectivity index (χ2v) is 3.95. The molecule has 0 fully saturated rings. The highest BCUT2D eigenvalue weighted by atomic mass is 16.7. The van der Waals surface area contributed by atoms with Crippen LogP contribution in [-0.4, -0.2) is 29.4 Å². The molecular weight excluding hydrogens is 290 g/mol. The van der Waals surface area contributed by atoms with Crippen molar-refractivity contribution in [3.8, 4) is 5.75 Å². The molecule has 0 aliphatic carbocycles. The Hall–Kier alpha value is -2.93. The van der Waals surface area contributed by atoms with Gasteiger partial charge < -0.3 is 14.6 Å². The van der Waals surface area contributed by atoms with E-state index in [1.807, 2.05) is 0 Å². The maximum atomic E-state index is 11.4. The van der Waals surface area contributed by atoms with Crippen LogP contribution in [0.1, 0.15) is 0 Å². The van der Waals surface area contributed by atoms with Gasteiger partial charge in [-0.2, -0.15) is 0 Å². The highest BCUT2D eigenvalue weighted by molar-refractivity contribution is 5.64. The van der Waals surface area contributed by atoms with Crippen molar-refractivity contribution in [2.45, 2.75) is 0 Å². The molecule has 7 nitrogen and oxygen atoms in total. The highest BCUT2D eigenvalue weighted by Gasteiger charge is 2.08. The van der Waals surface area contributed by atoms with E-state index < -0.39 is 11.1 Å². The number of hydrogen-bond acceptors (Lipinski definition) is 6. The molecule has 0 aromatic heterocycles. The normalized spacial score (nSPS) is 11.2. The Bertz CT molecular complexity index is 589. The number of ether oxygens (including phenoxy) is 2. The van der Waals surface area contributed by atoms with Crippen LogP contribution < -0.4 is 4.74 Å². The molecular formula is C15H15NO6. The molecule has 0 aliphatic rings. The fourth-order valence-corrected chi connectivity index (χ4v) is 1.39. The average Bonchev–Trinajstić information content (AvgIpc) is 2.50. The summed E-state index contributed by atoms with van der Waals surface area (Å²) in [5.74, 6) is 0.141. The molecule has 1 aromatic rings.